The van der Waals surface area contributed by atoms with Crippen LogP contribution in [0.25, 0.3) is 0 Å². The summed E-state index contributed by atoms with van der Waals surface area (Å²) in [6.45, 7) is 9.77. The maximum atomic E-state index is 12.1. The van der Waals surface area contributed by atoms with Crippen LogP contribution in [0.15, 0.2) is 18.3 Å². The molecule has 1 unspecified atom stereocenters. The van der Waals surface area contributed by atoms with E-state index in [1.165, 1.54) is 5.56 Å². The van der Waals surface area contributed by atoms with Crippen LogP contribution in [0, 0.1) is 12.8 Å². The number of hydrogen-bond donors (Lipinski definition) is 1. The summed E-state index contributed by atoms with van der Waals surface area (Å²) >= 11 is 0. The number of nitrogens with zero attached hydrogens (tertiary/aromatic N) is 2. The van der Waals surface area contributed by atoms with Gasteiger partial charge in [0.2, 0.25) is 5.91 Å². The van der Waals surface area contributed by atoms with Crippen molar-refractivity contribution in [1.29, 1.82) is 0 Å². The van der Waals surface area contributed by atoms with E-state index in [0.29, 0.717) is 0 Å². The van der Waals surface area contributed by atoms with Gasteiger partial charge in [0.05, 0.1) is 5.92 Å². The molecule has 1 aliphatic heterocycles. The van der Waals surface area contributed by atoms with Crippen molar-refractivity contribution in [3.8, 4) is 0 Å². The van der Waals surface area contributed by atoms with Crippen LogP contribution in [0.3, 0.4) is 0 Å². The highest BCUT2D eigenvalue weighted by atomic mass is 16.2. The number of nitrogens with one attached hydrogen (secondary N) is 1. The van der Waals surface area contributed by atoms with Crippen LogP contribution in [-0.4, -0.2) is 29.5 Å². The van der Waals surface area contributed by atoms with Crippen molar-refractivity contribution in [2.24, 2.45) is 5.92 Å². The van der Waals surface area contributed by atoms with Crippen molar-refractivity contribution in [1.82, 2.24) is 10.3 Å². The van der Waals surface area contributed by atoms with E-state index >= 15 is 0 Å². The number of carbonyl (C=O) groups is 1. The largest absolute Gasteiger partial charge is 0.356 e. The third-order valence-corrected chi connectivity index (χ3v) is 3.28. The Morgan fingerprint density at radius 3 is 2.84 bits per heavy atom. The summed E-state index contributed by atoms with van der Waals surface area (Å²) in [6.07, 6.45) is 2.73. The molecule has 1 aromatic rings. The molecule has 0 saturated carbocycles. The van der Waals surface area contributed by atoms with Gasteiger partial charge in [0.25, 0.3) is 0 Å². The molecule has 1 aliphatic rings. The number of amides is 1. The highest BCUT2D eigenvalue weighted by Gasteiger charge is 2.30. The Bertz CT molecular complexity index is 465. The third kappa shape index (κ3) is 3.69. The molecule has 0 bridgehead atoms. The maximum Gasteiger partial charge on any atom is 0.225 e. The van der Waals surface area contributed by atoms with E-state index in [9.17, 15) is 4.79 Å². The van der Waals surface area contributed by atoms with Crippen LogP contribution in [-0.2, 0) is 4.79 Å². The minimum Gasteiger partial charge on any atom is -0.356 e. The molecule has 0 aromatic carbocycles. The van der Waals surface area contributed by atoms with Gasteiger partial charge in [0, 0.05) is 24.8 Å². The summed E-state index contributed by atoms with van der Waals surface area (Å²) in [5, 5.41) is 3.06. The molecular formula is C15H23N3O. The SMILES string of the molecule is Cc1ccnc(N2CCC(C(=O)NC(C)(C)C)C2)c1. The molecule has 1 N–H and O–H groups in total. The molecule has 2 heterocycles. The smallest absolute Gasteiger partial charge is 0.225 e. The van der Waals surface area contributed by atoms with Crippen molar-refractivity contribution in [2.45, 2.75) is 39.7 Å². The molecule has 19 heavy (non-hydrogen) atoms. The molecule has 0 aliphatic carbocycles. The van der Waals surface area contributed by atoms with Crippen LogP contribution in [0.1, 0.15) is 32.8 Å². The molecule has 104 valence electrons. The Hall–Kier alpha value is -1.58. The van der Waals surface area contributed by atoms with Gasteiger partial charge in [-0.05, 0) is 51.8 Å². The summed E-state index contributed by atoms with van der Waals surface area (Å²) in [5.41, 5.74) is 1.04. The Morgan fingerprint density at radius 1 is 1.47 bits per heavy atom. The lowest BCUT2D eigenvalue weighted by Crippen LogP contribution is -2.44. The zero-order chi connectivity index (χ0) is 14.0. The minimum absolute atomic E-state index is 0.0709. The van der Waals surface area contributed by atoms with E-state index in [1.54, 1.807) is 0 Å². The second-order valence-electron chi connectivity index (χ2n) is 6.36. The van der Waals surface area contributed by atoms with Crippen LogP contribution in [0.2, 0.25) is 0 Å². The number of aryl methyl sites for hydroxylation is 1. The van der Waals surface area contributed by atoms with Gasteiger partial charge < -0.3 is 10.2 Å². The number of pyridine rings is 1. The van der Waals surface area contributed by atoms with Crippen molar-refractivity contribution in [2.75, 3.05) is 18.0 Å². The topological polar surface area (TPSA) is 45.2 Å². The lowest BCUT2D eigenvalue weighted by atomic mass is 10.0. The van der Waals surface area contributed by atoms with Crippen molar-refractivity contribution in [3.63, 3.8) is 0 Å². The van der Waals surface area contributed by atoms with Gasteiger partial charge >= 0.3 is 0 Å². The predicted octanol–water partition coefficient (Wildman–Crippen LogP) is 2.13. The zero-order valence-corrected chi connectivity index (χ0v) is 12.2. The minimum atomic E-state index is -0.161. The Kier molecular flexibility index (Phi) is 3.78. The van der Waals surface area contributed by atoms with Gasteiger partial charge in [-0.25, -0.2) is 4.98 Å². The first-order chi connectivity index (χ1) is 8.85. The van der Waals surface area contributed by atoms with Gasteiger partial charge in [-0.3, -0.25) is 4.79 Å². The number of carbonyl (C=O) groups excluding carboxylic acids is 1. The molecule has 1 aromatic heterocycles. The monoisotopic (exact) mass is 261 g/mol. The number of aromatic nitrogens is 1. The standard InChI is InChI=1S/C15H23N3O/c1-11-5-7-16-13(9-11)18-8-6-12(10-18)14(19)17-15(2,3)4/h5,7,9,12H,6,8,10H2,1-4H3,(H,17,19). The van der Waals surface area contributed by atoms with Crippen LogP contribution in [0.5, 0.6) is 0 Å². The summed E-state index contributed by atoms with van der Waals surface area (Å²) in [4.78, 5) is 18.7. The van der Waals surface area contributed by atoms with Gasteiger partial charge in [-0.15, -0.1) is 0 Å². The van der Waals surface area contributed by atoms with Crippen molar-refractivity contribution < 1.29 is 4.79 Å². The lowest BCUT2D eigenvalue weighted by molar-refractivity contribution is -0.125. The van der Waals surface area contributed by atoms with E-state index < -0.39 is 0 Å². The van der Waals surface area contributed by atoms with Gasteiger partial charge in [-0.1, -0.05) is 0 Å². The number of hydrogen-bond acceptors (Lipinski definition) is 3. The fourth-order valence-electron chi connectivity index (χ4n) is 2.35. The molecule has 0 radical (unpaired) electrons. The molecule has 1 fully saturated rings. The summed E-state index contributed by atoms with van der Waals surface area (Å²) in [6, 6.07) is 4.06. The average Bonchev–Trinajstić information content (AvgIpc) is 2.75. The van der Waals surface area contributed by atoms with E-state index in [4.69, 9.17) is 0 Å². The van der Waals surface area contributed by atoms with Gasteiger partial charge in [0.15, 0.2) is 0 Å². The van der Waals surface area contributed by atoms with Crippen molar-refractivity contribution in [3.05, 3.63) is 23.9 Å². The average molecular weight is 261 g/mol. The molecular weight excluding hydrogens is 238 g/mol. The molecule has 0 spiro atoms. The van der Waals surface area contributed by atoms with E-state index in [2.05, 4.69) is 28.2 Å². The van der Waals surface area contributed by atoms with Crippen molar-refractivity contribution >= 4 is 11.7 Å². The summed E-state index contributed by atoms with van der Waals surface area (Å²) in [5.74, 6) is 1.20. The van der Waals surface area contributed by atoms with Gasteiger partial charge in [0.1, 0.15) is 5.82 Å². The van der Waals surface area contributed by atoms with Crippen LogP contribution >= 0.6 is 0 Å². The molecule has 4 nitrogen and oxygen atoms in total. The highest BCUT2D eigenvalue weighted by molar-refractivity contribution is 5.80. The molecule has 1 saturated heterocycles. The second-order valence-corrected chi connectivity index (χ2v) is 6.36. The van der Waals surface area contributed by atoms with Crippen LogP contribution in [0.4, 0.5) is 5.82 Å². The first kappa shape index (κ1) is 13.8. The quantitative estimate of drug-likeness (QED) is 0.887. The third-order valence-electron chi connectivity index (χ3n) is 3.28. The number of anilines is 1. The Morgan fingerprint density at radius 2 is 2.21 bits per heavy atom. The van der Waals surface area contributed by atoms with Gasteiger partial charge in [-0.2, -0.15) is 0 Å². The Labute approximate surface area is 115 Å². The zero-order valence-electron chi connectivity index (χ0n) is 12.2. The normalized spacial score (nSPS) is 19.6. The summed E-state index contributed by atoms with van der Waals surface area (Å²) < 4.78 is 0. The number of rotatable bonds is 2. The molecule has 2 rings (SSSR count). The fourth-order valence-corrected chi connectivity index (χ4v) is 2.35. The van der Waals surface area contributed by atoms with E-state index in [-0.39, 0.29) is 17.4 Å². The molecule has 1 atom stereocenters. The van der Waals surface area contributed by atoms with E-state index in [1.807, 2.05) is 33.0 Å². The molecule has 4 heteroatoms. The fraction of sp³-hybridized carbons (Fsp3) is 0.600. The highest BCUT2D eigenvalue weighted by Crippen LogP contribution is 2.23. The summed E-state index contributed by atoms with van der Waals surface area (Å²) in [7, 11) is 0. The second kappa shape index (κ2) is 5.19. The van der Waals surface area contributed by atoms with Crippen LogP contribution < -0.4 is 10.2 Å². The Balaban J connectivity index is 1.98. The van der Waals surface area contributed by atoms with E-state index in [0.717, 1.165) is 25.3 Å². The maximum absolute atomic E-state index is 12.1. The predicted molar refractivity (Wildman–Crippen MR) is 77.2 cm³/mol. The lowest BCUT2D eigenvalue weighted by Gasteiger charge is -2.23. The first-order valence-corrected chi connectivity index (χ1v) is 6.85. The first-order valence-electron chi connectivity index (χ1n) is 6.85. The molecule has 1 amide bonds.